The molecule has 9 nitrogen and oxygen atoms in total. The lowest BCUT2D eigenvalue weighted by Gasteiger charge is -2.31. The monoisotopic (exact) mass is 542 g/mol. The Morgan fingerprint density at radius 1 is 1.08 bits per heavy atom. The minimum Gasteiger partial charge on any atom is -0.490 e. The van der Waals surface area contributed by atoms with E-state index in [-0.39, 0.29) is 12.1 Å². The third-order valence-electron chi connectivity index (χ3n) is 6.94. The Balaban J connectivity index is 1.24. The van der Waals surface area contributed by atoms with Crippen LogP contribution < -0.4 is 20.1 Å². The molecule has 2 aliphatic rings. The summed E-state index contributed by atoms with van der Waals surface area (Å²) in [4.78, 5) is 10.4. The molecule has 2 atom stereocenters. The lowest BCUT2D eigenvalue weighted by molar-refractivity contribution is 0.217. The van der Waals surface area contributed by atoms with Crippen molar-refractivity contribution >= 4 is 16.2 Å². The van der Waals surface area contributed by atoms with Crippen molar-refractivity contribution in [1.29, 1.82) is 0 Å². The molecule has 0 spiro atoms. The molecule has 204 valence electrons. The van der Waals surface area contributed by atoms with Crippen LogP contribution in [0, 0.1) is 23.4 Å². The highest BCUT2D eigenvalue weighted by molar-refractivity contribution is 7.87. The van der Waals surface area contributed by atoms with Crippen molar-refractivity contribution in [2.45, 2.75) is 44.6 Å². The number of benzene rings is 1. The second-order valence-corrected chi connectivity index (χ2v) is 11.3. The van der Waals surface area contributed by atoms with Crippen LogP contribution in [0.1, 0.15) is 44.1 Å². The summed E-state index contributed by atoms with van der Waals surface area (Å²) in [7, 11) is -3.40. The van der Waals surface area contributed by atoms with Gasteiger partial charge < -0.3 is 15.4 Å². The number of hydrogen-bond acceptors (Lipinski definition) is 7. The third kappa shape index (κ3) is 6.70. The highest BCUT2D eigenvalue weighted by atomic mass is 32.2. The molecule has 1 aromatic heterocycles. The average Bonchev–Trinajstić information content (AvgIpc) is 3.27. The van der Waals surface area contributed by atoms with Crippen LogP contribution >= 0.6 is 0 Å². The number of piperidine rings is 1. The Labute approximate surface area is 215 Å². The SMILES string of the molecule is CCCNS(=O)(=O)N1CCC(CCOc2cnc(N3C[C@H](c4cc(F)c(F)cc4F)[C@@H](N)C3)nc2)CC1. The van der Waals surface area contributed by atoms with E-state index >= 15 is 0 Å². The van der Waals surface area contributed by atoms with Crippen LogP contribution in [0.2, 0.25) is 0 Å². The summed E-state index contributed by atoms with van der Waals surface area (Å²) >= 11 is 0. The van der Waals surface area contributed by atoms with Gasteiger partial charge in [-0.05, 0) is 43.2 Å². The summed E-state index contributed by atoms with van der Waals surface area (Å²) in [5, 5.41) is 0. The molecule has 3 N–H and O–H groups in total. The fourth-order valence-corrected chi connectivity index (χ4v) is 6.13. The molecule has 37 heavy (non-hydrogen) atoms. The summed E-state index contributed by atoms with van der Waals surface area (Å²) in [6, 6.07) is 0.907. The van der Waals surface area contributed by atoms with Gasteiger partial charge in [-0.15, -0.1) is 0 Å². The van der Waals surface area contributed by atoms with E-state index in [9.17, 15) is 21.6 Å². The van der Waals surface area contributed by atoms with Crippen LogP contribution in [-0.2, 0) is 10.2 Å². The number of hydrogen-bond donors (Lipinski definition) is 2. The molecule has 2 fully saturated rings. The zero-order valence-electron chi connectivity index (χ0n) is 20.7. The van der Waals surface area contributed by atoms with Gasteiger partial charge in [0.05, 0.1) is 19.0 Å². The summed E-state index contributed by atoms with van der Waals surface area (Å²) in [6.07, 6.45) is 6.20. The maximum absolute atomic E-state index is 14.2. The molecule has 4 rings (SSSR count). The van der Waals surface area contributed by atoms with Gasteiger partial charge in [-0.3, -0.25) is 0 Å². The number of anilines is 1. The topological polar surface area (TPSA) is 114 Å². The van der Waals surface area contributed by atoms with E-state index in [1.807, 2.05) is 6.92 Å². The molecular weight excluding hydrogens is 509 g/mol. The predicted molar refractivity (Wildman–Crippen MR) is 133 cm³/mol. The summed E-state index contributed by atoms with van der Waals surface area (Å²) in [5.74, 6) is -2.44. The molecule has 0 unspecified atom stereocenters. The summed E-state index contributed by atoms with van der Waals surface area (Å²) in [5.41, 5.74) is 6.21. The Morgan fingerprint density at radius 3 is 2.43 bits per heavy atom. The molecule has 0 saturated carbocycles. The fraction of sp³-hybridized carbons (Fsp3) is 0.583. The van der Waals surface area contributed by atoms with Gasteiger partial charge in [0, 0.05) is 50.7 Å². The molecule has 2 aromatic rings. The Hall–Kier alpha value is -2.48. The number of nitrogens with zero attached hydrogens (tertiary/aromatic N) is 4. The van der Waals surface area contributed by atoms with Gasteiger partial charge >= 0.3 is 0 Å². The average molecular weight is 543 g/mol. The summed E-state index contributed by atoms with van der Waals surface area (Å²) < 4.78 is 75.6. The van der Waals surface area contributed by atoms with E-state index < -0.39 is 39.6 Å². The number of aromatic nitrogens is 2. The van der Waals surface area contributed by atoms with Gasteiger partial charge in [-0.25, -0.2) is 27.9 Å². The maximum Gasteiger partial charge on any atom is 0.279 e. The number of nitrogens with one attached hydrogen (secondary N) is 1. The van der Waals surface area contributed by atoms with Crippen LogP contribution in [0.3, 0.4) is 0 Å². The van der Waals surface area contributed by atoms with Crippen molar-refractivity contribution in [2.75, 3.05) is 44.2 Å². The van der Waals surface area contributed by atoms with E-state index in [0.717, 1.165) is 31.7 Å². The molecule has 2 aliphatic heterocycles. The van der Waals surface area contributed by atoms with Crippen molar-refractivity contribution in [3.63, 3.8) is 0 Å². The molecule has 0 aliphatic carbocycles. The van der Waals surface area contributed by atoms with Gasteiger partial charge in [0.2, 0.25) is 5.95 Å². The second kappa shape index (κ2) is 11.9. The second-order valence-electron chi connectivity index (χ2n) is 9.56. The van der Waals surface area contributed by atoms with E-state index in [4.69, 9.17) is 10.5 Å². The van der Waals surface area contributed by atoms with Crippen LogP contribution in [0.4, 0.5) is 19.1 Å². The minimum atomic E-state index is -3.40. The Bertz CT molecular complexity index is 1160. The predicted octanol–water partition coefficient (Wildman–Crippen LogP) is 2.55. The zero-order chi connectivity index (χ0) is 26.6. The van der Waals surface area contributed by atoms with Crippen molar-refractivity contribution in [3.8, 4) is 5.75 Å². The minimum absolute atomic E-state index is 0.0366. The molecule has 13 heteroatoms. The van der Waals surface area contributed by atoms with E-state index in [1.165, 1.54) is 4.31 Å². The largest absolute Gasteiger partial charge is 0.490 e. The van der Waals surface area contributed by atoms with Crippen LogP contribution in [0.5, 0.6) is 5.75 Å². The summed E-state index contributed by atoms with van der Waals surface area (Å²) in [6.45, 7) is 4.42. The highest BCUT2D eigenvalue weighted by Crippen LogP contribution is 2.31. The number of halogens is 3. The van der Waals surface area contributed by atoms with Crippen LogP contribution in [-0.4, -0.2) is 68.1 Å². The van der Waals surface area contributed by atoms with Gasteiger partial charge in [-0.1, -0.05) is 6.92 Å². The number of nitrogens with two attached hydrogens (primary N) is 1. The Kier molecular flexibility index (Phi) is 8.88. The maximum atomic E-state index is 14.2. The van der Waals surface area contributed by atoms with E-state index in [1.54, 1.807) is 17.3 Å². The lowest BCUT2D eigenvalue weighted by Crippen LogP contribution is -2.45. The molecule has 0 bridgehead atoms. The molecule has 2 saturated heterocycles. The first-order valence-electron chi connectivity index (χ1n) is 12.5. The molecule has 0 amide bonds. The van der Waals surface area contributed by atoms with Gasteiger partial charge in [0.25, 0.3) is 10.2 Å². The highest BCUT2D eigenvalue weighted by Gasteiger charge is 2.35. The van der Waals surface area contributed by atoms with Gasteiger partial charge in [0.15, 0.2) is 17.4 Å². The van der Waals surface area contributed by atoms with Crippen LogP contribution in [0.15, 0.2) is 24.5 Å². The first-order chi connectivity index (χ1) is 17.7. The van der Waals surface area contributed by atoms with E-state index in [0.29, 0.717) is 56.5 Å². The fourth-order valence-electron chi connectivity index (χ4n) is 4.79. The first-order valence-corrected chi connectivity index (χ1v) is 14.0. The van der Waals surface area contributed by atoms with Crippen molar-refractivity contribution < 1.29 is 26.3 Å². The molecule has 3 heterocycles. The normalized spacial score (nSPS) is 21.5. The van der Waals surface area contributed by atoms with Gasteiger partial charge in [0.1, 0.15) is 5.82 Å². The quantitative estimate of drug-likeness (QED) is 0.444. The van der Waals surface area contributed by atoms with Crippen molar-refractivity contribution in [2.24, 2.45) is 11.7 Å². The number of ether oxygens (including phenoxy) is 1. The third-order valence-corrected chi connectivity index (χ3v) is 8.56. The van der Waals surface area contributed by atoms with Crippen molar-refractivity contribution in [1.82, 2.24) is 19.0 Å². The van der Waals surface area contributed by atoms with E-state index in [2.05, 4.69) is 14.7 Å². The molecule has 0 radical (unpaired) electrons. The first kappa shape index (κ1) is 27.6. The van der Waals surface area contributed by atoms with Gasteiger partial charge in [-0.2, -0.15) is 12.7 Å². The Morgan fingerprint density at radius 2 is 1.76 bits per heavy atom. The lowest BCUT2D eigenvalue weighted by atomic mass is 9.94. The van der Waals surface area contributed by atoms with Crippen LogP contribution in [0.25, 0.3) is 0 Å². The molecular formula is C24H33F3N6O3S. The standard InChI is InChI=1S/C24H33F3N6O3S/c1-2-6-31-37(34,35)33-7-3-16(4-8-33)5-9-36-17-12-29-24(30-13-17)32-14-19(23(28)15-32)18-10-21(26)22(27)11-20(18)25/h10-13,16,19,23,31H,2-9,14-15,28H2,1H3/t19-,23+/m1/s1. The zero-order valence-corrected chi connectivity index (χ0v) is 21.6. The smallest absolute Gasteiger partial charge is 0.279 e. The van der Waals surface area contributed by atoms with Crippen molar-refractivity contribution in [3.05, 3.63) is 47.5 Å². The number of rotatable bonds is 10. The molecule has 1 aromatic carbocycles.